The summed E-state index contributed by atoms with van der Waals surface area (Å²) in [4.78, 5) is 24.9. The predicted molar refractivity (Wildman–Crippen MR) is 74.0 cm³/mol. The van der Waals surface area contributed by atoms with Crippen molar-refractivity contribution in [1.29, 1.82) is 0 Å². The van der Waals surface area contributed by atoms with Crippen molar-refractivity contribution in [2.45, 2.75) is 46.5 Å². The average molecular weight is 270 g/mol. The van der Waals surface area contributed by atoms with E-state index in [1.807, 2.05) is 6.92 Å². The molecule has 0 saturated carbocycles. The van der Waals surface area contributed by atoms with E-state index in [0.29, 0.717) is 38.4 Å². The molecule has 1 fully saturated rings. The van der Waals surface area contributed by atoms with E-state index in [1.54, 1.807) is 4.90 Å². The van der Waals surface area contributed by atoms with Crippen molar-refractivity contribution in [2.75, 3.05) is 19.6 Å². The fraction of sp³-hybridized carbons (Fsp3) is 0.857. The Morgan fingerprint density at radius 3 is 2.58 bits per heavy atom. The summed E-state index contributed by atoms with van der Waals surface area (Å²) in [6.07, 6.45) is 3.18. The first-order valence-corrected chi connectivity index (χ1v) is 7.17. The molecule has 1 heterocycles. The zero-order valence-electron chi connectivity index (χ0n) is 12.2. The number of nitrogens with zero attached hydrogens (tertiary/aromatic N) is 1. The number of carboxylic acid groups (broad SMARTS) is 1. The third kappa shape index (κ3) is 4.11. The number of hydrogen-bond acceptors (Lipinski definition) is 2. The van der Waals surface area contributed by atoms with Crippen LogP contribution >= 0.6 is 0 Å². The molecule has 2 N–H and O–H groups in total. The Kier molecular flexibility index (Phi) is 5.63. The molecule has 1 aliphatic rings. The smallest absolute Gasteiger partial charge is 0.317 e. The summed E-state index contributed by atoms with van der Waals surface area (Å²) in [6.45, 7) is 7.72. The van der Waals surface area contributed by atoms with E-state index < -0.39 is 11.4 Å². The first kappa shape index (κ1) is 15.8. The van der Waals surface area contributed by atoms with Crippen LogP contribution in [-0.4, -0.2) is 41.6 Å². The average Bonchev–Trinajstić information content (AvgIpc) is 2.80. The van der Waals surface area contributed by atoms with Gasteiger partial charge in [-0.15, -0.1) is 0 Å². The van der Waals surface area contributed by atoms with Crippen LogP contribution in [0.1, 0.15) is 46.5 Å². The summed E-state index contributed by atoms with van der Waals surface area (Å²) in [5, 5.41) is 12.2. The Labute approximate surface area is 115 Å². The number of hydrogen-bond donors (Lipinski definition) is 2. The highest BCUT2D eigenvalue weighted by Crippen LogP contribution is 2.34. The molecule has 0 radical (unpaired) electrons. The lowest BCUT2D eigenvalue weighted by Gasteiger charge is -2.23. The Hall–Kier alpha value is -1.26. The van der Waals surface area contributed by atoms with Gasteiger partial charge < -0.3 is 15.3 Å². The van der Waals surface area contributed by atoms with E-state index in [2.05, 4.69) is 19.2 Å². The quantitative estimate of drug-likeness (QED) is 0.728. The van der Waals surface area contributed by atoms with Crippen molar-refractivity contribution in [3.8, 4) is 0 Å². The van der Waals surface area contributed by atoms with Gasteiger partial charge in [0.1, 0.15) is 0 Å². The molecule has 0 spiro atoms. The highest BCUT2D eigenvalue weighted by atomic mass is 16.4. The lowest BCUT2D eigenvalue weighted by atomic mass is 9.84. The van der Waals surface area contributed by atoms with Crippen LogP contribution in [0.3, 0.4) is 0 Å². The van der Waals surface area contributed by atoms with Crippen molar-refractivity contribution in [3.05, 3.63) is 0 Å². The molecule has 1 unspecified atom stereocenters. The topological polar surface area (TPSA) is 69.6 Å². The molecule has 19 heavy (non-hydrogen) atoms. The molecule has 0 bridgehead atoms. The molecule has 110 valence electrons. The van der Waals surface area contributed by atoms with Gasteiger partial charge in [-0.25, -0.2) is 4.79 Å². The summed E-state index contributed by atoms with van der Waals surface area (Å²) >= 11 is 0. The third-order valence-corrected chi connectivity index (χ3v) is 4.01. The van der Waals surface area contributed by atoms with E-state index in [0.717, 1.165) is 12.8 Å². The number of urea groups is 1. The monoisotopic (exact) mass is 270 g/mol. The molecule has 2 amide bonds. The highest BCUT2D eigenvalue weighted by Gasteiger charge is 2.44. The Morgan fingerprint density at radius 1 is 1.42 bits per heavy atom. The van der Waals surface area contributed by atoms with Crippen molar-refractivity contribution in [1.82, 2.24) is 10.2 Å². The molecule has 1 saturated heterocycles. The van der Waals surface area contributed by atoms with Crippen molar-refractivity contribution >= 4 is 12.0 Å². The molecule has 0 aromatic heterocycles. The van der Waals surface area contributed by atoms with Gasteiger partial charge in [0.15, 0.2) is 0 Å². The second kappa shape index (κ2) is 6.78. The Balaban J connectivity index is 2.37. The third-order valence-electron chi connectivity index (χ3n) is 4.01. The van der Waals surface area contributed by atoms with Gasteiger partial charge in [-0.05, 0) is 31.6 Å². The van der Waals surface area contributed by atoms with Gasteiger partial charge in [0, 0.05) is 19.6 Å². The summed E-state index contributed by atoms with van der Waals surface area (Å²) in [5.41, 5.74) is -0.741. The first-order valence-electron chi connectivity index (χ1n) is 7.17. The van der Waals surface area contributed by atoms with E-state index in [9.17, 15) is 14.7 Å². The molecule has 1 aliphatic heterocycles. The second-order valence-corrected chi connectivity index (χ2v) is 5.88. The molecular formula is C14H26N2O3. The second-order valence-electron chi connectivity index (χ2n) is 5.88. The van der Waals surface area contributed by atoms with Crippen LogP contribution in [0.15, 0.2) is 0 Å². The van der Waals surface area contributed by atoms with Crippen molar-refractivity contribution in [2.24, 2.45) is 11.3 Å². The van der Waals surface area contributed by atoms with Gasteiger partial charge in [0.25, 0.3) is 0 Å². The molecule has 0 aromatic rings. The highest BCUT2D eigenvalue weighted by molar-refractivity contribution is 5.79. The Bertz CT molecular complexity index is 331. The van der Waals surface area contributed by atoms with Crippen molar-refractivity contribution < 1.29 is 14.7 Å². The zero-order valence-corrected chi connectivity index (χ0v) is 12.2. The van der Waals surface area contributed by atoms with Gasteiger partial charge in [0.05, 0.1) is 5.41 Å². The van der Waals surface area contributed by atoms with Crippen LogP contribution in [0, 0.1) is 11.3 Å². The fourth-order valence-electron chi connectivity index (χ4n) is 2.48. The predicted octanol–water partition coefficient (Wildman–Crippen LogP) is 2.32. The summed E-state index contributed by atoms with van der Waals surface area (Å²) in [5.74, 6) is -0.145. The molecular weight excluding hydrogens is 244 g/mol. The lowest BCUT2D eigenvalue weighted by Crippen LogP contribution is -2.41. The van der Waals surface area contributed by atoms with Crippen molar-refractivity contribution in [3.63, 3.8) is 0 Å². The number of nitrogens with one attached hydrogen (secondary N) is 1. The summed E-state index contributed by atoms with van der Waals surface area (Å²) in [6, 6.07) is -0.125. The number of carboxylic acids is 1. The maximum atomic E-state index is 11.9. The minimum atomic E-state index is -0.787. The standard InChI is InChI=1S/C14H26N2O3/c1-4-14(12(17)18)7-9-16(10-14)13(19)15-8-5-6-11(2)3/h11H,4-10H2,1-3H3,(H,15,19)(H,17,18). The number of amides is 2. The summed E-state index contributed by atoms with van der Waals surface area (Å²) in [7, 11) is 0. The first-order chi connectivity index (χ1) is 8.91. The van der Waals surface area contributed by atoms with E-state index in [-0.39, 0.29) is 6.03 Å². The molecule has 5 heteroatoms. The van der Waals surface area contributed by atoms with Gasteiger partial charge in [0.2, 0.25) is 0 Å². The summed E-state index contributed by atoms with van der Waals surface area (Å²) < 4.78 is 0. The number of carbonyl (C=O) groups is 2. The largest absolute Gasteiger partial charge is 0.481 e. The maximum absolute atomic E-state index is 11.9. The number of aliphatic carboxylic acids is 1. The lowest BCUT2D eigenvalue weighted by molar-refractivity contribution is -0.148. The van der Waals surface area contributed by atoms with Crippen LogP contribution in [0.4, 0.5) is 4.79 Å². The molecule has 1 rings (SSSR count). The zero-order chi connectivity index (χ0) is 14.5. The molecule has 1 atom stereocenters. The normalized spacial score (nSPS) is 22.8. The SMILES string of the molecule is CCC1(C(=O)O)CCN(C(=O)NCCCC(C)C)C1. The van der Waals surface area contributed by atoms with Gasteiger partial charge >= 0.3 is 12.0 Å². The molecule has 0 aromatic carbocycles. The van der Waals surface area contributed by atoms with Gasteiger partial charge in [-0.3, -0.25) is 4.79 Å². The van der Waals surface area contributed by atoms with Crippen LogP contribution in [-0.2, 0) is 4.79 Å². The van der Waals surface area contributed by atoms with E-state index in [4.69, 9.17) is 0 Å². The Morgan fingerprint density at radius 2 is 2.11 bits per heavy atom. The number of carbonyl (C=O) groups excluding carboxylic acids is 1. The van der Waals surface area contributed by atoms with Gasteiger partial charge in [-0.2, -0.15) is 0 Å². The van der Waals surface area contributed by atoms with Crippen LogP contribution in [0.25, 0.3) is 0 Å². The van der Waals surface area contributed by atoms with E-state index in [1.165, 1.54) is 0 Å². The van der Waals surface area contributed by atoms with E-state index >= 15 is 0 Å². The number of rotatable bonds is 6. The molecule has 5 nitrogen and oxygen atoms in total. The van der Waals surface area contributed by atoms with Crippen LogP contribution in [0.5, 0.6) is 0 Å². The van der Waals surface area contributed by atoms with Crippen LogP contribution < -0.4 is 5.32 Å². The maximum Gasteiger partial charge on any atom is 0.317 e. The molecule has 0 aliphatic carbocycles. The fourth-order valence-corrected chi connectivity index (χ4v) is 2.48. The van der Waals surface area contributed by atoms with Gasteiger partial charge in [-0.1, -0.05) is 20.8 Å². The minimum Gasteiger partial charge on any atom is -0.481 e. The van der Waals surface area contributed by atoms with Crippen LogP contribution in [0.2, 0.25) is 0 Å². The minimum absolute atomic E-state index is 0.125. The number of likely N-dealkylation sites (tertiary alicyclic amines) is 1.